The first-order valence-electron chi connectivity index (χ1n) is 8.60. The maximum atomic E-state index is 12.9. The quantitative estimate of drug-likeness (QED) is 0.784. The normalized spacial score (nSPS) is 13.6. The Kier molecular flexibility index (Phi) is 4.13. The van der Waals surface area contributed by atoms with Crippen molar-refractivity contribution in [3.63, 3.8) is 0 Å². The van der Waals surface area contributed by atoms with Crippen molar-refractivity contribution < 1.29 is 4.79 Å². The standard InChI is InChI=1S/C19H19N3O2S/c1-2-12-6-5-7-13(10-12)21-17(23)14-11-20-19-22(18(14)24)15-8-3-4-9-16(15)25-19/h5-7,10-11H,2-4,8-9H2,1H3,(H,21,23). The molecule has 0 atom stereocenters. The monoisotopic (exact) mass is 353 g/mol. The number of nitrogens with zero attached hydrogens (tertiary/aromatic N) is 2. The summed E-state index contributed by atoms with van der Waals surface area (Å²) in [6.07, 6.45) is 6.38. The lowest BCUT2D eigenvalue weighted by molar-refractivity contribution is 0.102. The second-order valence-corrected chi connectivity index (χ2v) is 7.34. The molecule has 0 saturated carbocycles. The molecule has 6 heteroatoms. The molecule has 3 aromatic rings. The number of hydrogen-bond acceptors (Lipinski definition) is 4. The number of thiazole rings is 1. The van der Waals surface area contributed by atoms with Gasteiger partial charge in [0.15, 0.2) is 4.96 Å². The summed E-state index contributed by atoms with van der Waals surface area (Å²) < 4.78 is 1.64. The molecule has 1 amide bonds. The Morgan fingerprint density at radius 1 is 1.32 bits per heavy atom. The van der Waals surface area contributed by atoms with Crippen LogP contribution in [-0.2, 0) is 19.3 Å². The van der Waals surface area contributed by atoms with Crippen LogP contribution in [0.5, 0.6) is 0 Å². The molecule has 0 aliphatic heterocycles. The molecular formula is C19H19N3O2S. The van der Waals surface area contributed by atoms with Crippen LogP contribution in [0, 0.1) is 0 Å². The van der Waals surface area contributed by atoms with Gasteiger partial charge in [-0.25, -0.2) is 4.98 Å². The van der Waals surface area contributed by atoms with Gasteiger partial charge < -0.3 is 5.32 Å². The summed E-state index contributed by atoms with van der Waals surface area (Å²) in [5.41, 5.74) is 2.68. The van der Waals surface area contributed by atoms with E-state index in [0.717, 1.165) is 43.4 Å². The lowest BCUT2D eigenvalue weighted by Crippen LogP contribution is -2.27. The highest BCUT2D eigenvalue weighted by Gasteiger charge is 2.21. The smallest absolute Gasteiger partial charge is 0.271 e. The van der Waals surface area contributed by atoms with Gasteiger partial charge in [0.2, 0.25) is 0 Å². The van der Waals surface area contributed by atoms with Gasteiger partial charge in [0.25, 0.3) is 11.5 Å². The van der Waals surface area contributed by atoms with Crippen molar-refractivity contribution in [2.24, 2.45) is 0 Å². The predicted molar refractivity (Wildman–Crippen MR) is 99.8 cm³/mol. The van der Waals surface area contributed by atoms with Gasteiger partial charge in [-0.3, -0.25) is 14.0 Å². The summed E-state index contributed by atoms with van der Waals surface area (Å²) in [7, 11) is 0. The number of carbonyl (C=O) groups excluding carboxylic acids is 1. The van der Waals surface area contributed by atoms with Crippen molar-refractivity contribution in [1.29, 1.82) is 0 Å². The molecule has 0 spiro atoms. The minimum Gasteiger partial charge on any atom is -0.322 e. The SMILES string of the molecule is CCc1cccc(NC(=O)c2cnc3sc4c(n3c2=O)CCCC4)c1. The van der Waals surface area contributed by atoms with Gasteiger partial charge in [-0.2, -0.15) is 0 Å². The van der Waals surface area contributed by atoms with Crippen LogP contribution in [0.4, 0.5) is 5.69 Å². The van der Waals surface area contributed by atoms with E-state index in [0.29, 0.717) is 10.6 Å². The zero-order valence-electron chi connectivity index (χ0n) is 14.0. The van der Waals surface area contributed by atoms with Crippen molar-refractivity contribution in [3.05, 3.63) is 62.5 Å². The fourth-order valence-corrected chi connectivity index (χ4v) is 4.46. The first-order valence-corrected chi connectivity index (χ1v) is 9.41. The van der Waals surface area contributed by atoms with Gasteiger partial charge in [0.05, 0.1) is 0 Å². The molecule has 0 unspecified atom stereocenters. The second kappa shape index (κ2) is 6.44. The fraction of sp³-hybridized carbons (Fsp3) is 0.316. The molecule has 1 aliphatic rings. The predicted octanol–water partition coefficient (Wildman–Crippen LogP) is 3.45. The largest absolute Gasteiger partial charge is 0.322 e. The van der Waals surface area contributed by atoms with E-state index in [1.54, 1.807) is 15.7 Å². The molecule has 25 heavy (non-hydrogen) atoms. The Balaban J connectivity index is 1.72. The van der Waals surface area contributed by atoms with Crippen LogP contribution in [-0.4, -0.2) is 15.3 Å². The van der Waals surface area contributed by atoms with E-state index in [9.17, 15) is 9.59 Å². The molecule has 5 nitrogen and oxygen atoms in total. The fourth-order valence-electron chi connectivity index (χ4n) is 3.29. The first-order chi connectivity index (χ1) is 12.2. The lowest BCUT2D eigenvalue weighted by Gasteiger charge is -2.10. The van der Waals surface area contributed by atoms with Crippen molar-refractivity contribution in [2.45, 2.75) is 39.0 Å². The molecule has 2 heterocycles. The van der Waals surface area contributed by atoms with E-state index in [1.807, 2.05) is 24.3 Å². The van der Waals surface area contributed by atoms with Crippen molar-refractivity contribution >= 4 is 27.9 Å². The Morgan fingerprint density at radius 3 is 3.00 bits per heavy atom. The van der Waals surface area contributed by atoms with Gasteiger partial charge in [0.1, 0.15) is 5.56 Å². The van der Waals surface area contributed by atoms with Crippen LogP contribution in [0.2, 0.25) is 0 Å². The van der Waals surface area contributed by atoms with Crippen LogP contribution >= 0.6 is 11.3 Å². The Labute approximate surface area is 149 Å². The number of rotatable bonds is 3. The van der Waals surface area contributed by atoms with Crippen molar-refractivity contribution in [1.82, 2.24) is 9.38 Å². The Bertz CT molecular complexity index is 1020. The topological polar surface area (TPSA) is 63.5 Å². The molecular weight excluding hydrogens is 334 g/mol. The van der Waals surface area contributed by atoms with Crippen molar-refractivity contribution in [2.75, 3.05) is 5.32 Å². The number of anilines is 1. The van der Waals surface area contributed by atoms with Gasteiger partial charge in [-0.1, -0.05) is 19.1 Å². The molecule has 1 aliphatic carbocycles. The van der Waals surface area contributed by atoms with Gasteiger partial charge in [-0.05, 0) is 49.8 Å². The maximum absolute atomic E-state index is 12.9. The Morgan fingerprint density at radius 2 is 2.16 bits per heavy atom. The third-order valence-electron chi connectivity index (χ3n) is 4.64. The number of carbonyl (C=O) groups is 1. The number of amides is 1. The number of aromatic nitrogens is 2. The second-order valence-electron chi connectivity index (χ2n) is 6.28. The highest BCUT2D eigenvalue weighted by atomic mass is 32.1. The van der Waals surface area contributed by atoms with Crippen LogP contribution in [0.3, 0.4) is 0 Å². The molecule has 0 fully saturated rings. The summed E-state index contributed by atoms with van der Waals surface area (Å²) in [4.78, 5) is 31.8. The first kappa shape index (κ1) is 16.0. The molecule has 4 rings (SSSR count). The number of nitrogens with one attached hydrogen (secondary N) is 1. The van der Waals surface area contributed by atoms with E-state index >= 15 is 0 Å². The maximum Gasteiger partial charge on any atom is 0.271 e. The molecule has 0 saturated heterocycles. The summed E-state index contributed by atoms with van der Waals surface area (Å²) in [6, 6.07) is 7.66. The third kappa shape index (κ3) is 2.87. The zero-order valence-corrected chi connectivity index (χ0v) is 14.9. The third-order valence-corrected chi connectivity index (χ3v) is 5.80. The number of aryl methyl sites for hydroxylation is 3. The van der Waals surface area contributed by atoms with Crippen LogP contribution < -0.4 is 10.9 Å². The summed E-state index contributed by atoms with van der Waals surface area (Å²) in [6.45, 7) is 2.06. The van der Waals surface area contributed by atoms with Gasteiger partial charge >= 0.3 is 0 Å². The average molecular weight is 353 g/mol. The molecule has 1 N–H and O–H groups in total. The van der Waals surface area contributed by atoms with Crippen LogP contribution in [0.25, 0.3) is 4.96 Å². The Hall–Kier alpha value is -2.47. The minimum absolute atomic E-state index is 0.0885. The molecule has 1 aromatic carbocycles. The summed E-state index contributed by atoms with van der Waals surface area (Å²) >= 11 is 1.56. The van der Waals surface area contributed by atoms with E-state index in [-0.39, 0.29) is 11.1 Å². The van der Waals surface area contributed by atoms with E-state index in [1.165, 1.54) is 11.1 Å². The molecule has 2 aromatic heterocycles. The van der Waals surface area contributed by atoms with E-state index in [4.69, 9.17) is 0 Å². The molecule has 128 valence electrons. The number of hydrogen-bond donors (Lipinski definition) is 1. The number of benzene rings is 1. The summed E-state index contributed by atoms with van der Waals surface area (Å²) in [5, 5.41) is 2.82. The average Bonchev–Trinajstić information content (AvgIpc) is 3.01. The van der Waals surface area contributed by atoms with E-state index < -0.39 is 5.91 Å². The highest BCUT2D eigenvalue weighted by Crippen LogP contribution is 2.28. The highest BCUT2D eigenvalue weighted by molar-refractivity contribution is 7.17. The zero-order chi connectivity index (χ0) is 17.4. The van der Waals surface area contributed by atoms with Gasteiger partial charge in [0, 0.05) is 22.5 Å². The van der Waals surface area contributed by atoms with E-state index in [2.05, 4.69) is 17.2 Å². The summed E-state index contributed by atoms with van der Waals surface area (Å²) in [5.74, 6) is -0.407. The van der Waals surface area contributed by atoms with Crippen molar-refractivity contribution in [3.8, 4) is 0 Å². The lowest BCUT2D eigenvalue weighted by atomic mass is 10.0. The van der Waals surface area contributed by atoms with Crippen LogP contribution in [0.1, 0.15) is 46.3 Å². The molecule has 0 radical (unpaired) electrons. The molecule has 0 bridgehead atoms. The minimum atomic E-state index is -0.407. The van der Waals surface area contributed by atoms with Gasteiger partial charge in [-0.15, -0.1) is 11.3 Å². The number of fused-ring (bicyclic) bond motifs is 3. The van der Waals surface area contributed by atoms with Crippen LogP contribution in [0.15, 0.2) is 35.3 Å².